The van der Waals surface area contributed by atoms with Crippen LogP contribution in [0.1, 0.15) is 52.7 Å². The fraction of sp³-hybridized carbons (Fsp3) is 0.207. The summed E-state index contributed by atoms with van der Waals surface area (Å²) in [6.07, 6.45) is 1.39. The predicted octanol–water partition coefficient (Wildman–Crippen LogP) is 7.53. The van der Waals surface area contributed by atoms with Gasteiger partial charge in [0.05, 0.1) is 17.8 Å². The molecule has 8 nitrogen and oxygen atoms in total. The smallest absolute Gasteiger partial charge is 0.366 e. The lowest BCUT2D eigenvalue weighted by Crippen LogP contribution is -2.35. The summed E-state index contributed by atoms with van der Waals surface area (Å²) in [6.45, 7) is -0.0591. The van der Waals surface area contributed by atoms with E-state index in [4.69, 9.17) is 11.3 Å². The molecular weight excluding hydrogens is 540 g/mol. The van der Waals surface area contributed by atoms with E-state index < -0.39 is 41.1 Å². The molecule has 3 aromatic carbocycles. The molecule has 1 aliphatic carbocycles. The van der Waals surface area contributed by atoms with E-state index in [2.05, 4.69) is 21.5 Å². The van der Waals surface area contributed by atoms with Crippen LogP contribution < -0.4 is 16.0 Å². The molecule has 0 bridgehead atoms. The van der Waals surface area contributed by atoms with Gasteiger partial charge in [-0.3, -0.25) is 9.69 Å². The minimum absolute atomic E-state index is 0.0591. The van der Waals surface area contributed by atoms with Crippen molar-refractivity contribution in [3.8, 4) is 0 Å². The number of halogens is 4. The summed E-state index contributed by atoms with van der Waals surface area (Å²) < 4.78 is 54.4. The van der Waals surface area contributed by atoms with Crippen molar-refractivity contribution in [2.45, 2.75) is 38.4 Å². The average molecular weight is 567 g/mol. The molecule has 0 atom stereocenters. The lowest BCUT2D eigenvalue weighted by Gasteiger charge is -2.24. The number of aliphatic imine (C=N–C) groups is 1. The number of nitrogens with one attached hydrogen (secondary N) is 2. The molecule has 0 aromatic heterocycles. The molecule has 0 heterocycles. The molecule has 0 radical (unpaired) electrons. The van der Waals surface area contributed by atoms with Crippen LogP contribution in [0.25, 0.3) is 5.57 Å². The first-order chi connectivity index (χ1) is 19.6. The van der Waals surface area contributed by atoms with Crippen molar-refractivity contribution in [3.05, 3.63) is 101 Å². The Balaban J connectivity index is 1.63. The average Bonchev–Trinajstić information content (AvgIpc) is 2.97. The second-order valence-electron chi connectivity index (χ2n) is 9.29. The minimum atomic E-state index is -4.93. The van der Waals surface area contributed by atoms with Gasteiger partial charge in [0.25, 0.3) is 5.91 Å². The van der Waals surface area contributed by atoms with Crippen LogP contribution in [0.5, 0.6) is 0 Å². The molecule has 4 N–H and O–H groups in total. The molecule has 41 heavy (non-hydrogen) atoms. The maximum absolute atomic E-state index is 14.7. The summed E-state index contributed by atoms with van der Waals surface area (Å²) in [5.74, 6) is -2.81. The Bertz CT molecular complexity index is 1500. The van der Waals surface area contributed by atoms with Crippen molar-refractivity contribution < 1.29 is 27.2 Å². The Hall–Kier alpha value is -4.87. The first-order valence-corrected chi connectivity index (χ1v) is 12.7. The van der Waals surface area contributed by atoms with E-state index in [0.29, 0.717) is 17.3 Å². The number of amides is 3. The number of hydrogen-bond donors (Lipinski definition) is 3. The molecule has 3 aromatic rings. The molecule has 1 aliphatic rings. The van der Waals surface area contributed by atoms with Gasteiger partial charge in [-0.1, -0.05) is 36.4 Å². The van der Waals surface area contributed by atoms with E-state index in [0.717, 1.165) is 43.4 Å². The Morgan fingerprint density at radius 3 is 2.32 bits per heavy atom. The molecule has 0 saturated heterocycles. The van der Waals surface area contributed by atoms with E-state index >= 15 is 0 Å². The van der Waals surface area contributed by atoms with Gasteiger partial charge in [0.15, 0.2) is 5.82 Å². The number of allylic oxidation sites excluding steroid dienone is 2. The van der Waals surface area contributed by atoms with Crippen LogP contribution in [0.3, 0.4) is 0 Å². The van der Waals surface area contributed by atoms with Gasteiger partial charge in [-0.15, -0.1) is 5.11 Å². The lowest BCUT2D eigenvalue weighted by molar-refractivity contribution is -0.139. The van der Waals surface area contributed by atoms with Gasteiger partial charge in [0.1, 0.15) is 0 Å². The Morgan fingerprint density at radius 2 is 1.71 bits per heavy atom. The van der Waals surface area contributed by atoms with Gasteiger partial charge in [0.2, 0.25) is 5.96 Å². The highest BCUT2D eigenvalue weighted by atomic mass is 19.4. The predicted molar refractivity (Wildman–Crippen MR) is 147 cm³/mol. The zero-order chi connectivity index (χ0) is 29.6. The first kappa shape index (κ1) is 29.1. The fourth-order valence-corrected chi connectivity index (χ4v) is 4.40. The third-order valence-electron chi connectivity index (χ3n) is 6.50. The first-order valence-electron chi connectivity index (χ1n) is 12.7. The van der Waals surface area contributed by atoms with Crippen LogP contribution in [-0.4, -0.2) is 17.9 Å². The van der Waals surface area contributed by atoms with Crippen LogP contribution in [0, 0.1) is 11.3 Å². The number of nitrogens with two attached hydrogens (primary N) is 1. The van der Waals surface area contributed by atoms with Gasteiger partial charge in [-0.25, -0.2) is 14.7 Å². The van der Waals surface area contributed by atoms with Crippen LogP contribution in [0.4, 0.5) is 33.7 Å². The standard InChI is InChI=1S/C29H26F4N6O2/c30-25-23(29(31,32)33)7-4-8-24(25)36-28(41)39(22-15-13-20(14-16-22)19-5-2-1-3-6-19)17-18-9-11-21(12-10-18)26(40)37-27(34)38-35/h4-5,7-16,35H,1-3,6,17H2,(H,36,41)(H2,34,37,40). The topological polar surface area (TPSA) is 124 Å². The van der Waals surface area contributed by atoms with Gasteiger partial charge >= 0.3 is 12.2 Å². The number of guanidine groups is 1. The number of anilines is 2. The largest absolute Gasteiger partial charge is 0.419 e. The lowest BCUT2D eigenvalue weighted by atomic mass is 9.93. The maximum Gasteiger partial charge on any atom is 0.419 e. The monoisotopic (exact) mass is 566 g/mol. The van der Waals surface area contributed by atoms with Gasteiger partial charge in [0, 0.05) is 11.3 Å². The van der Waals surface area contributed by atoms with E-state index in [1.165, 1.54) is 22.6 Å². The third-order valence-corrected chi connectivity index (χ3v) is 6.50. The SMILES string of the molecule is N=NC(N)=NC(=O)c1ccc(CN(C(=O)Nc2cccc(C(F)(F)F)c2F)c2ccc(C3=CCCCC3)cc2)cc1. The van der Waals surface area contributed by atoms with Crippen LogP contribution >= 0.6 is 0 Å². The summed E-state index contributed by atoms with van der Waals surface area (Å²) in [5, 5.41) is 5.14. The number of carbonyl (C=O) groups is 2. The summed E-state index contributed by atoms with van der Waals surface area (Å²) in [6, 6.07) is 15.0. The molecule has 0 unspecified atom stereocenters. The summed E-state index contributed by atoms with van der Waals surface area (Å²) in [4.78, 5) is 30.3. The highest BCUT2D eigenvalue weighted by Gasteiger charge is 2.35. The Kier molecular flexibility index (Phi) is 8.91. The second kappa shape index (κ2) is 12.5. The van der Waals surface area contributed by atoms with Gasteiger partial charge in [-0.05, 0) is 78.8 Å². The van der Waals surface area contributed by atoms with Crippen LogP contribution in [0.15, 0.2) is 82.9 Å². The number of alkyl halides is 3. The van der Waals surface area contributed by atoms with Gasteiger partial charge < -0.3 is 11.1 Å². The van der Waals surface area contributed by atoms with Crippen molar-refractivity contribution in [1.29, 1.82) is 5.53 Å². The normalized spacial score (nSPS) is 13.8. The Morgan fingerprint density at radius 1 is 1.00 bits per heavy atom. The fourth-order valence-electron chi connectivity index (χ4n) is 4.40. The number of rotatable bonds is 6. The quantitative estimate of drug-likeness (QED) is 0.124. The Labute approximate surface area is 233 Å². The van der Waals surface area contributed by atoms with Gasteiger partial charge in [-0.2, -0.15) is 18.2 Å². The van der Waals surface area contributed by atoms with E-state index in [1.807, 2.05) is 12.1 Å². The second-order valence-corrected chi connectivity index (χ2v) is 9.29. The number of benzene rings is 3. The van der Waals surface area contributed by atoms with Crippen LogP contribution in [-0.2, 0) is 12.7 Å². The van der Waals surface area contributed by atoms with Crippen molar-refractivity contribution in [2.24, 2.45) is 15.8 Å². The zero-order valence-electron chi connectivity index (χ0n) is 21.7. The van der Waals surface area contributed by atoms with E-state index in [9.17, 15) is 27.2 Å². The summed E-state index contributed by atoms with van der Waals surface area (Å²) in [7, 11) is 0. The highest BCUT2D eigenvalue weighted by molar-refractivity contribution is 6.03. The molecule has 12 heteroatoms. The molecule has 0 saturated carbocycles. The number of carbonyl (C=O) groups excluding carboxylic acids is 2. The van der Waals surface area contributed by atoms with Crippen LogP contribution in [0.2, 0.25) is 0 Å². The highest BCUT2D eigenvalue weighted by Crippen LogP contribution is 2.34. The number of nitrogens with zero attached hydrogens (tertiary/aromatic N) is 3. The molecule has 0 aliphatic heterocycles. The molecule has 3 amide bonds. The number of urea groups is 1. The van der Waals surface area contributed by atoms with Crippen molar-refractivity contribution in [2.75, 3.05) is 10.2 Å². The summed E-state index contributed by atoms with van der Waals surface area (Å²) >= 11 is 0. The van der Waals surface area contributed by atoms with E-state index in [-0.39, 0.29) is 12.1 Å². The molecule has 0 spiro atoms. The van der Waals surface area contributed by atoms with Crippen molar-refractivity contribution in [3.63, 3.8) is 0 Å². The minimum Gasteiger partial charge on any atom is -0.366 e. The molecule has 0 fully saturated rings. The third kappa shape index (κ3) is 7.21. The molecular formula is C29H26F4N6O2. The van der Waals surface area contributed by atoms with Crippen molar-refractivity contribution >= 4 is 34.8 Å². The summed E-state index contributed by atoms with van der Waals surface area (Å²) in [5.41, 5.74) is 13.3. The van der Waals surface area contributed by atoms with Crippen molar-refractivity contribution in [1.82, 2.24) is 0 Å². The number of hydrogen-bond acceptors (Lipinski definition) is 3. The maximum atomic E-state index is 14.7. The molecule has 4 rings (SSSR count). The van der Waals surface area contributed by atoms with E-state index in [1.54, 1.807) is 24.3 Å². The molecule has 212 valence electrons. The zero-order valence-corrected chi connectivity index (χ0v) is 21.7.